The lowest BCUT2D eigenvalue weighted by atomic mass is 9.86. The number of halogens is 3. The first-order chi connectivity index (χ1) is 9.50. The van der Waals surface area contributed by atoms with Crippen molar-refractivity contribution in [3.05, 3.63) is 35.4 Å². The van der Waals surface area contributed by atoms with Gasteiger partial charge in [-0.15, -0.1) is 11.6 Å². The molecule has 2 nitrogen and oxygen atoms in total. The van der Waals surface area contributed by atoms with Crippen molar-refractivity contribution in [3.8, 4) is 0 Å². The van der Waals surface area contributed by atoms with Gasteiger partial charge in [-0.3, -0.25) is 4.79 Å². The van der Waals surface area contributed by atoms with Gasteiger partial charge in [-0.2, -0.15) is 0 Å². The van der Waals surface area contributed by atoms with E-state index in [0.29, 0.717) is 12.4 Å². The van der Waals surface area contributed by atoms with E-state index in [1.807, 2.05) is 24.3 Å². The first-order valence-electron chi connectivity index (χ1n) is 6.79. The van der Waals surface area contributed by atoms with Crippen molar-refractivity contribution in [2.24, 2.45) is 5.92 Å². The molecule has 2 rings (SSSR count). The molecule has 0 aromatic heterocycles. The molecule has 1 amide bonds. The lowest BCUT2D eigenvalue weighted by Crippen LogP contribution is -2.35. The van der Waals surface area contributed by atoms with Crippen molar-refractivity contribution < 1.29 is 13.6 Å². The Bertz CT molecular complexity index is 451. The van der Waals surface area contributed by atoms with E-state index < -0.39 is 5.92 Å². The maximum atomic E-state index is 13.0. The van der Waals surface area contributed by atoms with Crippen LogP contribution in [0.25, 0.3) is 0 Å². The van der Waals surface area contributed by atoms with Crippen molar-refractivity contribution in [2.75, 3.05) is 0 Å². The van der Waals surface area contributed by atoms with Gasteiger partial charge in [0.05, 0.1) is 0 Å². The van der Waals surface area contributed by atoms with Crippen LogP contribution in [0.3, 0.4) is 0 Å². The van der Waals surface area contributed by atoms with Crippen molar-refractivity contribution >= 4 is 17.5 Å². The molecule has 0 aliphatic heterocycles. The largest absolute Gasteiger partial charge is 0.352 e. The number of carbonyl (C=O) groups excluding carboxylic acids is 1. The van der Waals surface area contributed by atoms with Gasteiger partial charge in [0.15, 0.2) is 0 Å². The van der Waals surface area contributed by atoms with E-state index in [2.05, 4.69) is 5.32 Å². The molecule has 0 saturated heterocycles. The molecule has 1 aliphatic rings. The zero-order valence-electron chi connectivity index (χ0n) is 11.2. The number of nitrogens with one attached hydrogen (secondary N) is 1. The molecule has 1 aromatic carbocycles. The summed E-state index contributed by atoms with van der Waals surface area (Å²) in [6.45, 7) is 0.425. The molecule has 0 spiro atoms. The van der Waals surface area contributed by atoms with Crippen molar-refractivity contribution in [1.82, 2.24) is 5.32 Å². The zero-order valence-corrected chi connectivity index (χ0v) is 11.9. The average Bonchev–Trinajstić information content (AvgIpc) is 2.45. The van der Waals surface area contributed by atoms with Crippen LogP contribution in [0.4, 0.5) is 8.78 Å². The predicted octanol–water partition coefficient (Wildman–Crippen LogP) is 3.87. The van der Waals surface area contributed by atoms with Gasteiger partial charge in [-0.25, -0.2) is 8.78 Å². The summed E-state index contributed by atoms with van der Waals surface area (Å²) in [5.41, 5.74) is 2.00. The standard InChI is InChI=1S/C15H18ClF2NO/c16-9-11-1-3-12(4-2-11)10-19-14(20)13-5-7-15(17,18)8-6-13/h1-4,13H,5-10H2,(H,19,20). The number of benzene rings is 1. The Morgan fingerprint density at radius 3 is 2.30 bits per heavy atom. The molecule has 5 heteroatoms. The van der Waals surface area contributed by atoms with Crippen LogP contribution < -0.4 is 5.32 Å². The van der Waals surface area contributed by atoms with E-state index in [9.17, 15) is 13.6 Å². The number of rotatable bonds is 4. The van der Waals surface area contributed by atoms with Gasteiger partial charge in [-0.05, 0) is 24.0 Å². The third kappa shape index (κ3) is 4.17. The lowest BCUT2D eigenvalue weighted by molar-refractivity contribution is -0.129. The third-order valence-electron chi connectivity index (χ3n) is 3.73. The van der Waals surface area contributed by atoms with Gasteiger partial charge in [0, 0.05) is 31.2 Å². The highest BCUT2D eigenvalue weighted by molar-refractivity contribution is 6.17. The Morgan fingerprint density at radius 1 is 1.20 bits per heavy atom. The summed E-state index contributed by atoms with van der Waals surface area (Å²) in [6.07, 6.45) is 0.166. The van der Waals surface area contributed by atoms with Crippen LogP contribution in [0.5, 0.6) is 0 Å². The van der Waals surface area contributed by atoms with Crippen LogP contribution in [0, 0.1) is 5.92 Å². The molecule has 0 radical (unpaired) electrons. The molecular formula is C15H18ClF2NO. The number of hydrogen-bond acceptors (Lipinski definition) is 1. The van der Waals surface area contributed by atoms with Crippen LogP contribution in [0.2, 0.25) is 0 Å². The normalized spacial score (nSPS) is 18.8. The second-order valence-electron chi connectivity index (χ2n) is 5.30. The maximum Gasteiger partial charge on any atom is 0.248 e. The van der Waals surface area contributed by atoms with Crippen LogP contribution in [0.15, 0.2) is 24.3 Å². The quantitative estimate of drug-likeness (QED) is 0.841. The number of hydrogen-bond donors (Lipinski definition) is 1. The summed E-state index contributed by atoms with van der Waals surface area (Å²) in [5, 5.41) is 2.82. The summed E-state index contributed by atoms with van der Waals surface area (Å²) in [7, 11) is 0. The second kappa shape index (κ2) is 6.53. The summed E-state index contributed by atoms with van der Waals surface area (Å²) in [5.74, 6) is -2.53. The van der Waals surface area contributed by atoms with Crippen LogP contribution >= 0.6 is 11.6 Å². The Labute approximate surface area is 122 Å². The summed E-state index contributed by atoms with van der Waals surface area (Å²) in [4.78, 5) is 11.9. The fourth-order valence-electron chi connectivity index (χ4n) is 2.38. The van der Waals surface area contributed by atoms with Gasteiger partial charge < -0.3 is 5.32 Å². The fraction of sp³-hybridized carbons (Fsp3) is 0.533. The van der Waals surface area contributed by atoms with Crippen molar-refractivity contribution in [3.63, 3.8) is 0 Å². The van der Waals surface area contributed by atoms with Crippen molar-refractivity contribution in [1.29, 1.82) is 0 Å². The van der Waals surface area contributed by atoms with Gasteiger partial charge in [-0.1, -0.05) is 24.3 Å². The minimum absolute atomic E-state index is 0.123. The SMILES string of the molecule is O=C(NCc1ccc(CCl)cc1)C1CCC(F)(F)CC1. The Hall–Kier alpha value is -1.16. The summed E-state index contributed by atoms with van der Waals surface area (Å²) < 4.78 is 26.0. The Balaban J connectivity index is 1.80. The molecule has 1 N–H and O–H groups in total. The van der Waals surface area contributed by atoms with Crippen molar-refractivity contribution in [2.45, 2.75) is 44.0 Å². The van der Waals surface area contributed by atoms with E-state index in [0.717, 1.165) is 11.1 Å². The molecule has 1 aliphatic carbocycles. The highest BCUT2D eigenvalue weighted by Gasteiger charge is 2.37. The molecule has 0 unspecified atom stereocenters. The molecule has 0 atom stereocenters. The topological polar surface area (TPSA) is 29.1 Å². The zero-order chi connectivity index (χ0) is 14.6. The monoisotopic (exact) mass is 301 g/mol. The summed E-state index contributed by atoms with van der Waals surface area (Å²) in [6, 6.07) is 7.64. The first kappa shape index (κ1) is 15.2. The second-order valence-corrected chi connectivity index (χ2v) is 5.57. The van der Waals surface area contributed by atoms with Crippen LogP contribution in [-0.2, 0) is 17.2 Å². The van der Waals surface area contributed by atoms with Gasteiger partial charge in [0.1, 0.15) is 0 Å². The van der Waals surface area contributed by atoms with Gasteiger partial charge in [0.25, 0.3) is 0 Å². The van der Waals surface area contributed by atoms with Gasteiger partial charge >= 0.3 is 0 Å². The minimum atomic E-state index is -2.59. The molecule has 1 saturated carbocycles. The highest BCUT2D eigenvalue weighted by Crippen LogP contribution is 2.36. The van der Waals surface area contributed by atoms with E-state index in [1.165, 1.54) is 0 Å². The van der Waals surface area contributed by atoms with Crippen LogP contribution in [0.1, 0.15) is 36.8 Å². The molecule has 0 heterocycles. The highest BCUT2D eigenvalue weighted by atomic mass is 35.5. The minimum Gasteiger partial charge on any atom is -0.352 e. The van der Waals surface area contributed by atoms with Gasteiger partial charge in [0.2, 0.25) is 11.8 Å². The molecule has 110 valence electrons. The van der Waals surface area contributed by atoms with E-state index >= 15 is 0 Å². The van der Waals surface area contributed by atoms with E-state index in [1.54, 1.807) is 0 Å². The maximum absolute atomic E-state index is 13.0. The smallest absolute Gasteiger partial charge is 0.248 e. The predicted molar refractivity (Wildman–Crippen MR) is 74.8 cm³/mol. The van der Waals surface area contributed by atoms with E-state index in [-0.39, 0.29) is 37.5 Å². The first-order valence-corrected chi connectivity index (χ1v) is 7.33. The fourth-order valence-corrected chi connectivity index (χ4v) is 2.56. The average molecular weight is 302 g/mol. The molecule has 1 fully saturated rings. The number of carbonyl (C=O) groups is 1. The van der Waals surface area contributed by atoms with Crippen LogP contribution in [-0.4, -0.2) is 11.8 Å². The molecule has 20 heavy (non-hydrogen) atoms. The molecular weight excluding hydrogens is 284 g/mol. The Morgan fingerprint density at radius 2 is 1.75 bits per heavy atom. The Kier molecular flexibility index (Phi) is 4.97. The lowest BCUT2D eigenvalue weighted by Gasteiger charge is -2.27. The number of alkyl halides is 3. The molecule has 1 aromatic rings. The van der Waals surface area contributed by atoms with E-state index in [4.69, 9.17) is 11.6 Å². The third-order valence-corrected chi connectivity index (χ3v) is 4.04. The number of amides is 1. The summed E-state index contributed by atoms with van der Waals surface area (Å²) >= 11 is 5.70. The molecule has 0 bridgehead atoms.